The molecule has 0 fully saturated rings. The molecule has 30 heavy (non-hydrogen) atoms. The van der Waals surface area contributed by atoms with Gasteiger partial charge in [0, 0.05) is 0 Å². The molecule has 2 atom stereocenters. The lowest BCUT2D eigenvalue weighted by Gasteiger charge is -2.47. The van der Waals surface area contributed by atoms with Gasteiger partial charge in [-0.05, 0) is 22.3 Å². The SMILES string of the molecule is C[n+]1ccn(C2C3c4ccccc4C(c4ccccc43)C2n2cc[n+](C)c2)c1.[I-].[I-]. The zero-order valence-electron chi connectivity index (χ0n) is 16.9. The lowest BCUT2D eigenvalue weighted by Crippen LogP contribution is -3.00. The van der Waals surface area contributed by atoms with Crippen molar-refractivity contribution >= 4 is 0 Å². The molecule has 154 valence electrons. The van der Waals surface area contributed by atoms with Crippen LogP contribution in [-0.4, -0.2) is 9.13 Å². The average molecular weight is 622 g/mol. The Bertz CT molecular complexity index is 1060. The highest BCUT2D eigenvalue weighted by Crippen LogP contribution is 2.61. The van der Waals surface area contributed by atoms with Gasteiger partial charge in [0.2, 0.25) is 12.7 Å². The molecule has 4 nitrogen and oxygen atoms in total. The molecule has 2 aromatic heterocycles. The van der Waals surface area contributed by atoms with E-state index in [0.717, 1.165) is 0 Å². The predicted octanol–water partition coefficient (Wildman–Crippen LogP) is -2.98. The lowest BCUT2D eigenvalue weighted by atomic mass is 9.59. The molecule has 6 heteroatoms. The lowest BCUT2D eigenvalue weighted by molar-refractivity contribution is -0.671. The normalized spacial score (nSPS) is 23.1. The number of rotatable bonds is 2. The quantitative estimate of drug-likeness (QED) is 0.168. The molecule has 0 saturated carbocycles. The molecule has 4 aromatic rings. The first-order valence-corrected chi connectivity index (χ1v) is 9.95. The van der Waals surface area contributed by atoms with E-state index in [1.54, 1.807) is 0 Å². The van der Waals surface area contributed by atoms with Gasteiger partial charge in [0.05, 0.1) is 25.9 Å². The summed E-state index contributed by atoms with van der Waals surface area (Å²) in [4.78, 5) is 0. The number of nitrogens with zero attached hydrogens (tertiary/aromatic N) is 4. The fourth-order valence-electron chi connectivity index (χ4n) is 5.61. The minimum atomic E-state index is 0. The summed E-state index contributed by atoms with van der Waals surface area (Å²) in [5, 5.41) is 0. The van der Waals surface area contributed by atoms with Crippen LogP contribution < -0.4 is 57.1 Å². The van der Waals surface area contributed by atoms with Crippen LogP contribution in [0.4, 0.5) is 0 Å². The predicted molar refractivity (Wildman–Crippen MR) is 106 cm³/mol. The van der Waals surface area contributed by atoms with Crippen molar-refractivity contribution in [1.82, 2.24) is 9.13 Å². The third kappa shape index (κ3) is 3.05. The Morgan fingerprint density at radius 3 is 1.20 bits per heavy atom. The second-order valence-corrected chi connectivity index (χ2v) is 8.25. The first-order chi connectivity index (χ1) is 13.7. The zero-order chi connectivity index (χ0) is 18.8. The van der Waals surface area contributed by atoms with Crippen LogP contribution in [0.1, 0.15) is 46.2 Å². The van der Waals surface area contributed by atoms with Crippen LogP contribution in [0.5, 0.6) is 0 Å². The number of hydrogen-bond donors (Lipinski definition) is 0. The topological polar surface area (TPSA) is 17.6 Å². The Balaban J connectivity index is 0.00000109. The third-order valence-corrected chi connectivity index (χ3v) is 6.63. The Morgan fingerprint density at radius 1 is 0.600 bits per heavy atom. The van der Waals surface area contributed by atoms with E-state index < -0.39 is 0 Å². The first-order valence-electron chi connectivity index (χ1n) is 9.95. The summed E-state index contributed by atoms with van der Waals surface area (Å²) >= 11 is 0. The molecule has 2 heterocycles. The Kier molecular flexibility index (Phi) is 5.82. The van der Waals surface area contributed by atoms with Gasteiger partial charge in [0.1, 0.15) is 24.8 Å². The van der Waals surface area contributed by atoms with Gasteiger partial charge in [-0.2, -0.15) is 0 Å². The minimum absolute atomic E-state index is 0. The van der Waals surface area contributed by atoms with Gasteiger partial charge in [-0.1, -0.05) is 48.5 Å². The Labute approximate surface area is 211 Å². The maximum Gasteiger partial charge on any atom is 0.243 e. The van der Waals surface area contributed by atoms with E-state index in [1.165, 1.54) is 22.3 Å². The molecule has 3 aliphatic rings. The van der Waals surface area contributed by atoms with Crippen LogP contribution in [0.2, 0.25) is 0 Å². The van der Waals surface area contributed by atoms with Crippen LogP contribution >= 0.6 is 0 Å². The molecular weight excluding hydrogens is 598 g/mol. The van der Waals surface area contributed by atoms with Crippen molar-refractivity contribution in [2.75, 3.05) is 0 Å². The molecule has 0 aliphatic heterocycles. The number of aromatic nitrogens is 4. The maximum absolute atomic E-state index is 2.42. The summed E-state index contributed by atoms with van der Waals surface area (Å²) < 4.78 is 9.14. The van der Waals surface area contributed by atoms with E-state index in [4.69, 9.17) is 0 Å². The van der Waals surface area contributed by atoms with Gasteiger partial charge in [-0.15, -0.1) is 0 Å². The van der Waals surface area contributed by atoms with E-state index in [-0.39, 0.29) is 48.0 Å². The number of aryl methyl sites for hydroxylation is 2. The largest absolute Gasteiger partial charge is 1.00 e. The molecule has 7 rings (SSSR count). The fraction of sp³-hybridized carbons (Fsp3) is 0.250. The zero-order valence-corrected chi connectivity index (χ0v) is 21.3. The smallest absolute Gasteiger partial charge is 0.243 e. The van der Waals surface area contributed by atoms with Gasteiger partial charge < -0.3 is 48.0 Å². The van der Waals surface area contributed by atoms with Gasteiger partial charge in [-0.3, -0.25) is 0 Å². The second-order valence-electron chi connectivity index (χ2n) is 8.25. The van der Waals surface area contributed by atoms with Crippen LogP contribution in [0.15, 0.2) is 86.0 Å². The molecule has 3 aliphatic carbocycles. The molecule has 2 unspecified atom stereocenters. The van der Waals surface area contributed by atoms with Crippen molar-refractivity contribution < 1.29 is 57.1 Å². The van der Waals surface area contributed by atoms with Gasteiger partial charge in [0.15, 0.2) is 12.1 Å². The van der Waals surface area contributed by atoms with Gasteiger partial charge >= 0.3 is 0 Å². The summed E-state index contributed by atoms with van der Waals surface area (Å²) in [5.41, 5.74) is 5.95. The van der Waals surface area contributed by atoms with Crippen LogP contribution in [0.25, 0.3) is 0 Å². The summed E-state index contributed by atoms with van der Waals surface area (Å²) in [6, 6.07) is 18.8. The number of benzene rings is 2. The highest BCUT2D eigenvalue weighted by atomic mass is 127. The Morgan fingerprint density at radius 2 is 0.933 bits per heavy atom. The van der Waals surface area contributed by atoms with Crippen LogP contribution in [0.3, 0.4) is 0 Å². The van der Waals surface area contributed by atoms with E-state index in [2.05, 4.69) is 118 Å². The first kappa shape index (κ1) is 21.5. The molecule has 0 saturated heterocycles. The average Bonchev–Trinajstić information content (AvgIpc) is 3.35. The van der Waals surface area contributed by atoms with Crippen molar-refractivity contribution in [3.8, 4) is 0 Å². The van der Waals surface area contributed by atoms with E-state index in [0.29, 0.717) is 23.9 Å². The van der Waals surface area contributed by atoms with E-state index in [1.807, 2.05) is 0 Å². The second kappa shape index (κ2) is 8.11. The van der Waals surface area contributed by atoms with Gasteiger partial charge in [0.25, 0.3) is 0 Å². The van der Waals surface area contributed by atoms with Crippen molar-refractivity contribution in [3.63, 3.8) is 0 Å². The van der Waals surface area contributed by atoms with Crippen molar-refractivity contribution in [2.24, 2.45) is 14.1 Å². The van der Waals surface area contributed by atoms with Crippen molar-refractivity contribution in [3.05, 3.63) is 108 Å². The fourth-order valence-corrected chi connectivity index (χ4v) is 5.61. The van der Waals surface area contributed by atoms with Crippen molar-refractivity contribution in [1.29, 1.82) is 0 Å². The summed E-state index contributed by atoms with van der Waals surface area (Å²) in [6.07, 6.45) is 13.2. The maximum atomic E-state index is 2.42. The molecular formula is C24H24I2N4. The highest BCUT2D eigenvalue weighted by Gasteiger charge is 2.55. The highest BCUT2D eigenvalue weighted by molar-refractivity contribution is 5.57. The molecule has 0 amide bonds. The molecule has 0 N–H and O–H groups in total. The number of halogens is 2. The third-order valence-electron chi connectivity index (χ3n) is 6.63. The number of fused-ring (bicyclic) bond motifs is 1. The van der Waals surface area contributed by atoms with E-state index in [9.17, 15) is 0 Å². The minimum Gasteiger partial charge on any atom is -1.00 e. The van der Waals surface area contributed by atoms with Crippen LogP contribution in [-0.2, 0) is 14.1 Å². The summed E-state index contributed by atoms with van der Waals surface area (Å²) in [5.74, 6) is 0.699. The van der Waals surface area contributed by atoms with Crippen molar-refractivity contribution in [2.45, 2.75) is 23.9 Å². The standard InChI is InChI=1S/C24H24N4.2HI/c1-25-11-13-27(15-25)23-21-17-7-3-5-9-19(17)22(20-10-6-4-8-18(20)21)24(23)28-14-12-26(2)16-28;;/h3-16,21-24H,1-2H3;2*1H/q+2;;/p-2. The van der Waals surface area contributed by atoms with E-state index >= 15 is 0 Å². The van der Waals surface area contributed by atoms with Gasteiger partial charge in [-0.25, -0.2) is 18.3 Å². The monoisotopic (exact) mass is 622 g/mol. The number of hydrogen-bond acceptors (Lipinski definition) is 0. The summed E-state index contributed by atoms with van der Waals surface area (Å²) in [7, 11) is 4.20. The molecule has 0 spiro atoms. The Hall–Kier alpha value is -1.68. The summed E-state index contributed by atoms with van der Waals surface area (Å²) in [6.45, 7) is 0. The number of imidazole rings is 2. The molecule has 0 radical (unpaired) electrons. The molecule has 2 aromatic carbocycles. The molecule has 2 bridgehead atoms. The van der Waals surface area contributed by atoms with Crippen LogP contribution in [0, 0.1) is 0 Å².